The summed E-state index contributed by atoms with van der Waals surface area (Å²) in [5, 5.41) is 12.2. The fourth-order valence-corrected chi connectivity index (χ4v) is 6.98. The van der Waals surface area contributed by atoms with Gasteiger partial charge in [0.25, 0.3) is 0 Å². The van der Waals surface area contributed by atoms with Crippen molar-refractivity contribution >= 4 is 11.9 Å². The Balaban J connectivity index is 1.48. The highest BCUT2D eigenvalue weighted by molar-refractivity contribution is 5.84. The molecule has 4 nitrogen and oxygen atoms in total. The average molecular weight is 305 g/mol. The van der Waals surface area contributed by atoms with Crippen molar-refractivity contribution in [2.24, 2.45) is 28.1 Å². The first-order chi connectivity index (χ1) is 10.2. The van der Waals surface area contributed by atoms with Gasteiger partial charge in [0, 0.05) is 6.04 Å². The Hall–Kier alpha value is -1.06. The molecule has 5 aliphatic carbocycles. The normalized spacial score (nSPS) is 52.2. The first kappa shape index (κ1) is 14.5. The van der Waals surface area contributed by atoms with Crippen molar-refractivity contribution in [3.05, 3.63) is 0 Å². The number of rotatable bonds is 3. The highest BCUT2D eigenvalue weighted by atomic mass is 16.4. The van der Waals surface area contributed by atoms with E-state index < -0.39 is 5.97 Å². The third kappa shape index (κ3) is 2.10. The van der Waals surface area contributed by atoms with Crippen LogP contribution in [-0.4, -0.2) is 23.0 Å². The van der Waals surface area contributed by atoms with Gasteiger partial charge in [-0.25, -0.2) is 0 Å². The Morgan fingerprint density at radius 1 is 1.00 bits per heavy atom. The predicted molar refractivity (Wildman–Crippen MR) is 82.1 cm³/mol. The van der Waals surface area contributed by atoms with Crippen LogP contribution in [0.25, 0.3) is 0 Å². The Morgan fingerprint density at radius 2 is 1.59 bits per heavy atom. The second-order valence-corrected chi connectivity index (χ2v) is 9.59. The summed E-state index contributed by atoms with van der Waals surface area (Å²) in [5.74, 6) is -0.0370. The minimum Gasteiger partial charge on any atom is -0.481 e. The fourth-order valence-electron chi connectivity index (χ4n) is 6.98. The highest BCUT2D eigenvalue weighted by Crippen LogP contribution is 2.69. The number of hydrogen-bond acceptors (Lipinski definition) is 2. The van der Waals surface area contributed by atoms with Gasteiger partial charge >= 0.3 is 5.97 Å². The molecule has 2 N–H and O–H groups in total. The Morgan fingerprint density at radius 3 is 2.09 bits per heavy atom. The van der Waals surface area contributed by atoms with Crippen LogP contribution in [0, 0.1) is 28.1 Å². The molecular weight excluding hydrogens is 278 g/mol. The lowest BCUT2D eigenvalue weighted by Gasteiger charge is -2.64. The van der Waals surface area contributed by atoms with Gasteiger partial charge in [-0.1, -0.05) is 13.8 Å². The SMILES string of the molecule is CC12CC3CC(C)(C1)CC(C(=O)NC1CC(C(=O)O)C1)(C3)C2. The van der Waals surface area contributed by atoms with Crippen LogP contribution in [0.1, 0.15) is 65.2 Å². The number of carboxylic acid groups (broad SMARTS) is 1. The van der Waals surface area contributed by atoms with Gasteiger partial charge < -0.3 is 10.4 Å². The van der Waals surface area contributed by atoms with Gasteiger partial charge in [0.05, 0.1) is 11.3 Å². The van der Waals surface area contributed by atoms with Crippen molar-refractivity contribution in [3.63, 3.8) is 0 Å². The molecule has 0 heterocycles. The summed E-state index contributed by atoms with van der Waals surface area (Å²) in [7, 11) is 0. The molecule has 4 bridgehead atoms. The first-order valence-corrected chi connectivity index (χ1v) is 8.75. The third-order valence-electron chi connectivity index (χ3n) is 6.93. The molecule has 5 saturated carbocycles. The van der Waals surface area contributed by atoms with Crippen molar-refractivity contribution in [1.82, 2.24) is 5.32 Å². The molecule has 0 aromatic carbocycles. The molecule has 5 rings (SSSR count). The van der Waals surface area contributed by atoms with Gasteiger partial charge in [0.1, 0.15) is 0 Å². The third-order valence-corrected chi connectivity index (χ3v) is 6.93. The van der Waals surface area contributed by atoms with E-state index in [1.807, 2.05) is 0 Å². The van der Waals surface area contributed by atoms with Crippen LogP contribution in [-0.2, 0) is 9.59 Å². The molecule has 5 aliphatic rings. The Bertz CT molecular complexity index is 518. The molecule has 0 aliphatic heterocycles. The van der Waals surface area contributed by atoms with Crippen molar-refractivity contribution in [2.45, 2.75) is 71.3 Å². The molecule has 2 unspecified atom stereocenters. The van der Waals surface area contributed by atoms with Gasteiger partial charge in [-0.05, 0) is 68.1 Å². The highest BCUT2D eigenvalue weighted by Gasteiger charge is 2.62. The maximum absolute atomic E-state index is 13.0. The molecule has 0 spiro atoms. The molecular formula is C18H27NO3. The lowest BCUT2D eigenvalue weighted by atomic mass is 9.40. The van der Waals surface area contributed by atoms with Crippen LogP contribution in [0.5, 0.6) is 0 Å². The van der Waals surface area contributed by atoms with Crippen molar-refractivity contribution < 1.29 is 14.7 Å². The van der Waals surface area contributed by atoms with E-state index >= 15 is 0 Å². The Kier molecular flexibility index (Phi) is 2.82. The molecule has 4 heteroatoms. The largest absolute Gasteiger partial charge is 0.481 e. The molecule has 122 valence electrons. The Labute approximate surface area is 132 Å². The summed E-state index contributed by atoms with van der Waals surface area (Å²) in [6.07, 6.45) is 8.20. The minimum absolute atomic E-state index is 0.0854. The zero-order valence-electron chi connectivity index (χ0n) is 13.7. The van der Waals surface area contributed by atoms with Gasteiger partial charge in [-0.15, -0.1) is 0 Å². The molecule has 0 radical (unpaired) electrons. The number of hydrogen-bond donors (Lipinski definition) is 2. The van der Waals surface area contributed by atoms with Gasteiger partial charge in [0.2, 0.25) is 5.91 Å². The summed E-state index contributed by atoms with van der Waals surface area (Å²) in [5.41, 5.74) is 0.515. The number of aliphatic carboxylic acids is 1. The predicted octanol–water partition coefficient (Wildman–Crippen LogP) is 2.96. The van der Waals surface area contributed by atoms with Crippen LogP contribution < -0.4 is 5.32 Å². The zero-order valence-corrected chi connectivity index (χ0v) is 13.7. The summed E-state index contributed by atoms with van der Waals surface area (Å²) < 4.78 is 0. The summed E-state index contributed by atoms with van der Waals surface area (Å²) in [6, 6.07) is 0.0854. The minimum atomic E-state index is -0.722. The number of carbonyl (C=O) groups excluding carboxylic acids is 1. The lowest BCUT2D eigenvalue weighted by Crippen LogP contribution is -2.61. The van der Waals surface area contributed by atoms with E-state index in [1.165, 1.54) is 19.3 Å². The van der Waals surface area contributed by atoms with E-state index in [9.17, 15) is 9.59 Å². The smallest absolute Gasteiger partial charge is 0.306 e. The second kappa shape index (κ2) is 4.27. The molecule has 0 aromatic heterocycles. The second-order valence-electron chi connectivity index (χ2n) is 9.59. The van der Waals surface area contributed by atoms with E-state index in [2.05, 4.69) is 19.2 Å². The average Bonchev–Trinajstić information content (AvgIpc) is 2.27. The van der Waals surface area contributed by atoms with E-state index in [-0.39, 0.29) is 23.3 Å². The van der Waals surface area contributed by atoms with Crippen molar-refractivity contribution in [1.29, 1.82) is 0 Å². The number of amides is 1. The number of carboxylic acids is 1. The topological polar surface area (TPSA) is 66.4 Å². The van der Waals surface area contributed by atoms with E-state index in [0.717, 1.165) is 19.3 Å². The molecule has 22 heavy (non-hydrogen) atoms. The molecule has 5 fully saturated rings. The van der Waals surface area contributed by atoms with Crippen LogP contribution in [0.2, 0.25) is 0 Å². The maximum Gasteiger partial charge on any atom is 0.306 e. The summed E-state index contributed by atoms with van der Waals surface area (Å²) >= 11 is 0. The van der Waals surface area contributed by atoms with Crippen LogP contribution in [0.4, 0.5) is 0 Å². The van der Waals surface area contributed by atoms with E-state index in [0.29, 0.717) is 29.6 Å². The van der Waals surface area contributed by atoms with Gasteiger partial charge in [-0.3, -0.25) is 9.59 Å². The molecule has 2 atom stereocenters. The van der Waals surface area contributed by atoms with E-state index in [1.54, 1.807) is 0 Å². The molecule has 0 saturated heterocycles. The van der Waals surface area contributed by atoms with E-state index in [4.69, 9.17) is 5.11 Å². The zero-order chi connectivity index (χ0) is 15.8. The van der Waals surface area contributed by atoms with Crippen molar-refractivity contribution in [2.75, 3.05) is 0 Å². The van der Waals surface area contributed by atoms with Crippen LogP contribution in [0.3, 0.4) is 0 Å². The maximum atomic E-state index is 13.0. The lowest BCUT2D eigenvalue weighted by molar-refractivity contribution is -0.172. The quantitative estimate of drug-likeness (QED) is 0.842. The monoisotopic (exact) mass is 305 g/mol. The number of carbonyl (C=O) groups is 2. The van der Waals surface area contributed by atoms with Crippen LogP contribution in [0.15, 0.2) is 0 Å². The number of nitrogens with one attached hydrogen (secondary N) is 1. The standard InChI is InChI=1S/C18H27NO3/c1-16-5-11-6-17(2,8-16)10-18(7-11,9-16)15(22)19-13-3-12(4-13)14(20)21/h11-13H,3-10H2,1-2H3,(H,19,22)(H,20,21). The van der Waals surface area contributed by atoms with Crippen LogP contribution >= 0.6 is 0 Å². The van der Waals surface area contributed by atoms with Crippen molar-refractivity contribution in [3.8, 4) is 0 Å². The fraction of sp³-hybridized carbons (Fsp3) is 0.889. The summed E-state index contributed by atoms with van der Waals surface area (Å²) in [6.45, 7) is 4.75. The van der Waals surface area contributed by atoms with Gasteiger partial charge in [0.15, 0.2) is 0 Å². The molecule has 1 amide bonds. The van der Waals surface area contributed by atoms with Gasteiger partial charge in [-0.2, -0.15) is 0 Å². The first-order valence-electron chi connectivity index (χ1n) is 8.75. The summed E-state index contributed by atoms with van der Waals surface area (Å²) in [4.78, 5) is 23.9. The molecule has 0 aromatic rings.